The molecule has 1 aliphatic heterocycles. The fraction of sp³-hybridized carbons (Fsp3) is 0.304. The largest absolute Gasteiger partial charge is 0.496 e. The molecule has 2 heterocycles. The molecule has 14 heteroatoms. The number of benzene rings is 2. The Kier molecular flexibility index (Phi) is 8.33. The Hall–Kier alpha value is -3.59. The van der Waals surface area contributed by atoms with Gasteiger partial charge in [0.05, 0.1) is 44.4 Å². The third-order valence-electron chi connectivity index (χ3n) is 5.40. The number of aromatic nitrogens is 2. The highest BCUT2D eigenvalue weighted by atomic mass is 32.2. The lowest BCUT2D eigenvalue weighted by molar-refractivity contribution is 0.103. The van der Waals surface area contributed by atoms with E-state index in [4.69, 9.17) is 9.47 Å². The molecule has 0 spiro atoms. The Morgan fingerprint density at radius 2 is 1.86 bits per heavy atom. The third-order valence-corrected chi connectivity index (χ3v) is 6.74. The van der Waals surface area contributed by atoms with Crippen molar-refractivity contribution in [1.29, 1.82) is 0 Å². The minimum Gasteiger partial charge on any atom is -0.496 e. The highest BCUT2D eigenvalue weighted by molar-refractivity contribution is 7.88. The maximum absolute atomic E-state index is 13.6. The SMILES string of the molecule is COc1ccccc1C(=O)c1cc(N2CCOCC2)ccc1NC(=O)Nc1nc(CNS(C)(=O)=O)ns1. The number of morpholine rings is 1. The van der Waals surface area contributed by atoms with E-state index >= 15 is 0 Å². The first-order valence-corrected chi connectivity index (χ1v) is 13.9. The number of rotatable bonds is 9. The standard InChI is InChI=1S/C23H26N6O6S2/c1-34-19-6-4-3-5-16(19)21(30)17-13-15(29-9-11-35-12-10-29)7-8-18(17)25-22(31)27-23-26-20(28-36-23)14-24-37(2,32)33/h3-8,13,24H,9-12,14H2,1-2H3,(H2,25,26,27,28,31). The summed E-state index contributed by atoms with van der Waals surface area (Å²) >= 11 is 0.903. The van der Waals surface area contributed by atoms with E-state index in [1.54, 1.807) is 36.4 Å². The zero-order chi connectivity index (χ0) is 26.4. The van der Waals surface area contributed by atoms with Crippen LogP contribution < -0.4 is 25.0 Å². The van der Waals surface area contributed by atoms with Gasteiger partial charge >= 0.3 is 6.03 Å². The van der Waals surface area contributed by atoms with E-state index in [1.165, 1.54) is 7.11 Å². The third kappa shape index (κ3) is 7.01. The number of nitrogens with one attached hydrogen (secondary N) is 3. The van der Waals surface area contributed by atoms with Gasteiger partial charge < -0.3 is 19.7 Å². The predicted octanol–water partition coefficient (Wildman–Crippen LogP) is 2.31. The molecule has 2 amide bonds. The molecule has 3 N–H and O–H groups in total. The average molecular weight is 547 g/mol. The molecule has 3 aromatic rings. The molecular weight excluding hydrogens is 520 g/mol. The van der Waals surface area contributed by atoms with Gasteiger partial charge in [-0.15, -0.1) is 0 Å². The van der Waals surface area contributed by atoms with Gasteiger partial charge in [0.15, 0.2) is 11.6 Å². The molecule has 0 aliphatic carbocycles. The lowest BCUT2D eigenvalue weighted by Crippen LogP contribution is -2.36. The minimum atomic E-state index is -3.41. The van der Waals surface area contributed by atoms with Crippen LogP contribution in [0.25, 0.3) is 0 Å². The summed E-state index contributed by atoms with van der Waals surface area (Å²) in [5.74, 6) is 0.323. The quantitative estimate of drug-likeness (QED) is 0.343. The number of amides is 2. The van der Waals surface area contributed by atoms with E-state index in [0.717, 1.165) is 23.5 Å². The number of sulfonamides is 1. The number of para-hydroxylation sites is 1. The van der Waals surface area contributed by atoms with Crippen molar-refractivity contribution in [3.05, 3.63) is 59.4 Å². The lowest BCUT2D eigenvalue weighted by atomic mass is 9.99. The summed E-state index contributed by atoms with van der Waals surface area (Å²) in [4.78, 5) is 32.6. The van der Waals surface area contributed by atoms with Crippen molar-refractivity contribution in [1.82, 2.24) is 14.1 Å². The molecule has 0 unspecified atom stereocenters. The molecule has 1 aromatic heterocycles. The fourth-order valence-corrected chi connectivity index (χ4v) is 4.62. The molecule has 1 saturated heterocycles. The average Bonchev–Trinajstić information content (AvgIpc) is 3.34. The Labute approximate surface area is 218 Å². The number of urea groups is 1. The molecule has 1 aliphatic rings. The van der Waals surface area contributed by atoms with Crippen molar-refractivity contribution < 1.29 is 27.5 Å². The first kappa shape index (κ1) is 26.5. The highest BCUT2D eigenvalue weighted by Gasteiger charge is 2.22. The second-order valence-corrected chi connectivity index (χ2v) is 10.6. The summed E-state index contributed by atoms with van der Waals surface area (Å²) in [7, 11) is -1.92. The van der Waals surface area contributed by atoms with Crippen molar-refractivity contribution in [2.24, 2.45) is 0 Å². The predicted molar refractivity (Wildman–Crippen MR) is 140 cm³/mol. The minimum absolute atomic E-state index is 0.0980. The molecular formula is C23H26N6O6S2. The number of methoxy groups -OCH3 is 1. The van der Waals surface area contributed by atoms with Gasteiger partial charge in [0, 0.05) is 35.9 Å². The molecule has 196 valence electrons. The van der Waals surface area contributed by atoms with Gasteiger partial charge in [-0.3, -0.25) is 10.1 Å². The van der Waals surface area contributed by atoms with Crippen LogP contribution in [0.4, 0.5) is 21.3 Å². The van der Waals surface area contributed by atoms with Crippen molar-refractivity contribution in [3.63, 3.8) is 0 Å². The first-order chi connectivity index (χ1) is 17.7. The Morgan fingerprint density at radius 1 is 1.11 bits per heavy atom. The first-order valence-electron chi connectivity index (χ1n) is 11.2. The second kappa shape index (κ2) is 11.6. The molecule has 2 aromatic carbocycles. The van der Waals surface area contributed by atoms with E-state index in [9.17, 15) is 18.0 Å². The van der Waals surface area contributed by atoms with Gasteiger partial charge in [-0.05, 0) is 30.3 Å². The number of anilines is 3. The summed E-state index contributed by atoms with van der Waals surface area (Å²) in [6, 6.07) is 11.5. The number of carbonyl (C=O) groups excluding carboxylic acids is 2. The maximum atomic E-state index is 13.6. The van der Waals surface area contributed by atoms with Gasteiger partial charge in [-0.2, -0.15) is 4.37 Å². The van der Waals surface area contributed by atoms with E-state index < -0.39 is 16.1 Å². The number of hydrogen-bond donors (Lipinski definition) is 3. The number of hydrogen-bond acceptors (Lipinski definition) is 10. The molecule has 12 nitrogen and oxygen atoms in total. The number of carbonyl (C=O) groups is 2. The molecule has 4 rings (SSSR count). The summed E-state index contributed by atoms with van der Waals surface area (Å²) < 4.78 is 39.6. The molecule has 0 atom stereocenters. The van der Waals surface area contributed by atoms with Gasteiger partial charge in [-0.25, -0.2) is 22.9 Å². The van der Waals surface area contributed by atoms with Gasteiger partial charge in [-0.1, -0.05) is 12.1 Å². The summed E-state index contributed by atoms with van der Waals surface area (Å²) in [6.07, 6.45) is 1.03. The fourth-order valence-electron chi connectivity index (χ4n) is 3.65. The molecule has 0 bridgehead atoms. The second-order valence-electron chi connectivity index (χ2n) is 8.05. The summed E-state index contributed by atoms with van der Waals surface area (Å²) in [5, 5.41) is 5.46. The van der Waals surface area contributed by atoms with E-state index in [-0.39, 0.29) is 23.3 Å². The van der Waals surface area contributed by atoms with Crippen LogP contribution in [0.15, 0.2) is 42.5 Å². The van der Waals surface area contributed by atoms with E-state index in [2.05, 4.69) is 29.6 Å². The monoisotopic (exact) mass is 546 g/mol. The molecule has 0 saturated carbocycles. The smallest absolute Gasteiger partial charge is 0.325 e. The number of ether oxygens (including phenoxy) is 2. The highest BCUT2D eigenvalue weighted by Crippen LogP contribution is 2.29. The van der Waals surface area contributed by atoms with Crippen LogP contribution in [-0.4, -0.2) is 69.3 Å². The number of nitrogens with zero attached hydrogens (tertiary/aromatic N) is 3. The van der Waals surface area contributed by atoms with Crippen LogP contribution in [0.3, 0.4) is 0 Å². The van der Waals surface area contributed by atoms with Crippen LogP contribution in [0, 0.1) is 0 Å². The van der Waals surface area contributed by atoms with Crippen molar-refractivity contribution in [3.8, 4) is 5.75 Å². The van der Waals surface area contributed by atoms with Crippen LogP contribution in [0.2, 0.25) is 0 Å². The van der Waals surface area contributed by atoms with Crippen LogP contribution in [0.5, 0.6) is 5.75 Å². The van der Waals surface area contributed by atoms with Crippen molar-refractivity contribution >= 4 is 49.9 Å². The molecule has 1 fully saturated rings. The van der Waals surface area contributed by atoms with E-state index in [1.807, 2.05) is 6.07 Å². The topological polar surface area (TPSA) is 152 Å². The summed E-state index contributed by atoms with van der Waals surface area (Å²) in [6.45, 7) is 2.44. The summed E-state index contributed by atoms with van der Waals surface area (Å²) in [5.41, 5.74) is 1.78. The molecule has 37 heavy (non-hydrogen) atoms. The Bertz CT molecular complexity index is 1390. The van der Waals surface area contributed by atoms with E-state index in [0.29, 0.717) is 48.9 Å². The zero-order valence-corrected chi connectivity index (χ0v) is 21.8. The van der Waals surface area contributed by atoms with Crippen molar-refractivity contribution in [2.75, 3.05) is 55.2 Å². The Balaban J connectivity index is 1.57. The normalized spacial score (nSPS) is 13.7. The van der Waals surface area contributed by atoms with Gasteiger partial charge in [0.1, 0.15) is 5.75 Å². The van der Waals surface area contributed by atoms with Crippen LogP contribution in [-0.2, 0) is 21.3 Å². The van der Waals surface area contributed by atoms with Gasteiger partial charge in [0.25, 0.3) is 0 Å². The van der Waals surface area contributed by atoms with Crippen molar-refractivity contribution in [2.45, 2.75) is 6.54 Å². The Morgan fingerprint density at radius 3 is 2.59 bits per heavy atom. The number of ketones is 1. The van der Waals surface area contributed by atoms with Crippen LogP contribution in [0.1, 0.15) is 21.7 Å². The lowest BCUT2D eigenvalue weighted by Gasteiger charge is -2.29. The molecule has 0 radical (unpaired) electrons. The van der Waals surface area contributed by atoms with Crippen LogP contribution >= 0.6 is 11.5 Å². The van der Waals surface area contributed by atoms with Gasteiger partial charge in [0.2, 0.25) is 15.2 Å². The maximum Gasteiger partial charge on any atom is 0.325 e. The zero-order valence-electron chi connectivity index (χ0n) is 20.2.